The van der Waals surface area contributed by atoms with Gasteiger partial charge in [-0.2, -0.15) is 0 Å². The molecule has 0 unspecified atom stereocenters. The van der Waals surface area contributed by atoms with Crippen LogP contribution < -0.4 is 16.0 Å². The Kier molecular flexibility index (Phi) is 9.85. The van der Waals surface area contributed by atoms with E-state index in [4.69, 9.17) is 20.1 Å². The average molecular weight is 555 g/mol. The van der Waals surface area contributed by atoms with Gasteiger partial charge in [-0.1, -0.05) is 11.2 Å². The number of aromatic amines is 1. The number of imide groups is 1. The highest BCUT2D eigenvalue weighted by molar-refractivity contribution is 6.07. The molecule has 15 heteroatoms. The molecule has 3 rings (SSSR count). The molecule has 210 valence electrons. The summed E-state index contributed by atoms with van der Waals surface area (Å²) in [5, 5.41) is 14.9. The van der Waals surface area contributed by atoms with Crippen molar-refractivity contribution in [1.29, 1.82) is 0 Å². The first kappa shape index (κ1) is 29.2. The number of ether oxygens (including phenoxy) is 2. The van der Waals surface area contributed by atoms with Crippen LogP contribution in [0.3, 0.4) is 0 Å². The molecular weight excluding hydrogens is 526 g/mol. The molecule has 2 heterocycles. The molecule has 3 amide bonds. The smallest absolute Gasteiger partial charge is 0.419 e. The molecule has 0 saturated heterocycles. The van der Waals surface area contributed by atoms with Crippen molar-refractivity contribution < 1.29 is 43.3 Å². The number of nitrogens with zero attached hydrogens (tertiary/aromatic N) is 3. The highest BCUT2D eigenvalue weighted by Gasteiger charge is 2.28. The van der Waals surface area contributed by atoms with Gasteiger partial charge in [0, 0.05) is 24.4 Å². The largest absolute Gasteiger partial charge is 0.426 e. The molecule has 2 aromatic heterocycles. The lowest BCUT2D eigenvalue weighted by Crippen LogP contribution is -2.75. The molecule has 0 atom stereocenters. The number of nitrogens with two attached hydrogens (primary N) is 1. The summed E-state index contributed by atoms with van der Waals surface area (Å²) in [4.78, 5) is 60.4. The van der Waals surface area contributed by atoms with Crippen molar-refractivity contribution in [3.63, 3.8) is 0 Å². The van der Waals surface area contributed by atoms with Gasteiger partial charge < -0.3 is 35.1 Å². The van der Waals surface area contributed by atoms with E-state index in [1.807, 2.05) is 0 Å². The van der Waals surface area contributed by atoms with Crippen molar-refractivity contribution in [3.05, 3.63) is 64.7 Å². The molecule has 0 aliphatic rings. The standard InChI is InChI=1S/C25H27N7O8/c1-4-32(25(37)39-13-38-20(34)11-33)24(36)17-10-27-21(15(17)3)22(28-12-26)29-18-9-16(6-5-14(18)2)23(35)30-19-7-8-40-31-19/h5-10,12,27,33H,4,11,13H2,1-3H3,(H2,26,28,29)(H,30,31,35)/p+1. The van der Waals surface area contributed by atoms with E-state index in [0.717, 1.165) is 16.8 Å². The lowest BCUT2D eigenvalue weighted by Gasteiger charge is -2.18. The number of aliphatic hydroxyl groups excluding tert-OH is 1. The summed E-state index contributed by atoms with van der Waals surface area (Å²) in [6.07, 6.45) is 2.84. The van der Waals surface area contributed by atoms with Crippen molar-refractivity contribution in [2.24, 2.45) is 10.7 Å². The fourth-order valence-electron chi connectivity index (χ4n) is 3.43. The average Bonchev–Trinajstić information content (AvgIpc) is 3.59. The Morgan fingerprint density at radius 3 is 2.67 bits per heavy atom. The van der Waals surface area contributed by atoms with E-state index in [-0.39, 0.29) is 23.8 Å². The topological polar surface area (TPSA) is 216 Å². The highest BCUT2D eigenvalue weighted by Crippen LogP contribution is 2.23. The lowest BCUT2D eigenvalue weighted by molar-refractivity contribution is -0.309. The van der Waals surface area contributed by atoms with Crippen molar-refractivity contribution >= 4 is 47.6 Å². The van der Waals surface area contributed by atoms with Gasteiger partial charge in [-0.25, -0.2) is 19.5 Å². The first-order valence-electron chi connectivity index (χ1n) is 11.8. The van der Waals surface area contributed by atoms with Crippen molar-refractivity contribution in [3.8, 4) is 0 Å². The third-order valence-electron chi connectivity index (χ3n) is 5.52. The summed E-state index contributed by atoms with van der Waals surface area (Å²) in [6.45, 7) is 3.33. The molecule has 15 nitrogen and oxygen atoms in total. The maximum atomic E-state index is 13.2. The van der Waals surface area contributed by atoms with E-state index in [9.17, 15) is 19.2 Å². The van der Waals surface area contributed by atoms with Crippen LogP contribution in [0.1, 0.15) is 44.5 Å². The third kappa shape index (κ3) is 6.96. The molecule has 0 bridgehead atoms. The predicted molar refractivity (Wildman–Crippen MR) is 140 cm³/mol. The quantitative estimate of drug-likeness (QED) is 0.104. The molecule has 40 heavy (non-hydrogen) atoms. The Labute approximate surface area is 227 Å². The number of aryl methyl sites for hydroxylation is 1. The van der Waals surface area contributed by atoms with Gasteiger partial charge in [0.2, 0.25) is 6.79 Å². The summed E-state index contributed by atoms with van der Waals surface area (Å²) in [5.41, 5.74) is 8.09. The normalized spacial score (nSPS) is 11.3. The second kappa shape index (κ2) is 13.5. The van der Waals surface area contributed by atoms with Gasteiger partial charge in [0.25, 0.3) is 17.6 Å². The summed E-state index contributed by atoms with van der Waals surface area (Å²) < 4.78 is 14.0. The van der Waals surface area contributed by atoms with Gasteiger partial charge in [0.05, 0.1) is 5.56 Å². The van der Waals surface area contributed by atoms with Crippen molar-refractivity contribution in [2.75, 3.05) is 25.3 Å². The monoisotopic (exact) mass is 554 g/mol. The van der Waals surface area contributed by atoms with E-state index >= 15 is 0 Å². The summed E-state index contributed by atoms with van der Waals surface area (Å²) in [6, 6.07) is 6.43. The zero-order chi connectivity index (χ0) is 29.2. The molecule has 6 N–H and O–H groups in total. The van der Waals surface area contributed by atoms with Crippen LogP contribution in [-0.2, 0) is 14.3 Å². The van der Waals surface area contributed by atoms with Crippen LogP contribution in [0.15, 0.2) is 46.2 Å². The number of carbonyl (C=O) groups excluding carboxylic acids is 4. The molecule has 0 aliphatic carbocycles. The second-order valence-electron chi connectivity index (χ2n) is 8.07. The van der Waals surface area contributed by atoms with E-state index in [1.54, 1.807) is 39.0 Å². The number of amidine groups is 1. The SMILES string of the molecule is CCN(C(=O)OCOC(=O)CO)C(=O)c1c[nH]c(C(=Nc2cc(C(=O)Nc3ccon3)ccc2C)[NH+]=CN)c1C. The van der Waals surface area contributed by atoms with Crippen molar-refractivity contribution in [1.82, 2.24) is 15.0 Å². The fourth-order valence-corrected chi connectivity index (χ4v) is 3.43. The number of anilines is 1. The van der Waals surface area contributed by atoms with Crippen LogP contribution >= 0.6 is 0 Å². The zero-order valence-corrected chi connectivity index (χ0v) is 21.9. The number of amides is 3. The number of carbonyl (C=O) groups is 4. The Hall–Kier alpha value is -5.31. The maximum Gasteiger partial charge on any atom is 0.419 e. The van der Waals surface area contributed by atoms with Crippen LogP contribution in [0.5, 0.6) is 0 Å². The molecule has 0 spiro atoms. The summed E-state index contributed by atoms with van der Waals surface area (Å²) in [5.74, 6) is -1.60. The number of rotatable bonds is 9. The van der Waals surface area contributed by atoms with Crippen LogP contribution in [0.4, 0.5) is 16.3 Å². The molecule has 1 aromatic carbocycles. The van der Waals surface area contributed by atoms with E-state index in [1.165, 1.54) is 18.5 Å². The fraction of sp³-hybridized carbons (Fsp3) is 0.240. The van der Waals surface area contributed by atoms with Crippen LogP contribution in [0.25, 0.3) is 0 Å². The Morgan fingerprint density at radius 1 is 1.25 bits per heavy atom. The Balaban J connectivity index is 1.87. The number of esters is 1. The number of aliphatic hydroxyl groups is 1. The van der Waals surface area contributed by atoms with Gasteiger partial charge in [0.1, 0.15) is 24.3 Å². The number of benzene rings is 1. The number of hydrogen-bond acceptors (Lipinski definition) is 10. The first-order chi connectivity index (χ1) is 19.2. The highest BCUT2D eigenvalue weighted by atomic mass is 16.7. The minimum absolute atomic E-state index is 0.0380. The molecule has 0 radical (unpaired) electrons. The van der Waals surface area contributed by atoms with Gasteiger partial charge in [-0.05, 0) is 44.0 Å². The number of aromatic nitrogens is 2. The number of H-pyrrole nitrogens is 1. The zero-order valence-electron chi connectivity index (χ0n) is 21.9. The first-order valence-corrected chi connectivity index (χ1v) is 11.8. The number of hydrogen-bond donors (Lipinski definition) is 5. The summed E-state index contributed by atoms with van der Waals surface area (Å²) in [7, 11) is 0. The molecule has 3 aromatic rings. The molecule has 0 fully saturated rings. The number of nitrogens with one attached hydrogen (secondary N) is 3. The lowest BCUT2D eigenvalue weighted by atomic mass is 10.1. The second-order valence-corrected chi connectivity index (χ2v) is 8.07. The van der Waals surface area contributed by atoms with Gasteiger partial charge >= 0.3 is 12.1 Å². The minimum atomic E-state index is -1.04. The van der Waals surface area contributed by atoms with E-state index in [0.29, 0.717) is 22.5 Å². The Morgan fingerprint density at radius 2 is 2.02 bits per heavy atom. The molecule has 0 aliphatic heterocycles. The van der Waals surface area contributed by atoms with Gasteiger partial charge in [-0.15, -0.1) is 4.99 Å². The summed E-state index contributed by atoms with van der Waals surface area (Å²) >= 11 is 0. The Bertz CT molecular complexity index is 1440. The molecular formula is C25H28N7O8+. The van der Waals surface area contributed by atoms with Gasteiger partial charge in [-0.3, -0.25) is 9.59 Å². The minimum Gasteiger partial charge on any atom is -0.426 e. The van der Waals surface area contributed by atoms with Crippen LogP contribution in [-0.4, -0.2) is 76.1 Å². The number of aliphatic imine (C=N–C) groups is 1. The molecule has 0 saturated carbocycles. The third-order valence-corrected chi connectivity index (χ3v) is 5.52. The van der Waals surface area contributed by atoms with Crippen LogP contribution in [0.2, 0.25) is 0 Å². The maximum absolute atomic E-state index is 13.2. The van der Waals surface area contributed by atoms with Crippen molar-refractivity contribution in [2.45, 2.75) is 20.8 Å². The predicted octanol–water partition coefficient (Wildman–Crippen LogP) is 0.109. The van der Waals surface area contributed by atoms with E-state index < -0.39 is 37.3 Å². The van der Waals surface area contributed by atoms with Crippen LogP contribution in [0, 0.1) is 13.8 Å². The van der Waals surface area contributed by atoms with Gasteiger partial charge in [0.15, 0.2) is 12.2 Å². The van der Waals surface area contributed by atoms with E-state index in [2.05, 4.69) is 30.2 Å².